The van der Waals surface area contributed by atoms with Crippen LogP contribution in [0.15, 0.2) is 24.3 Å². The zero-order valence-corrected chi connectivity index (χ0v) is 39.4. The topological polar surface area (TPSA) is 108 Å². The van der Waals surface area contributed by atoms with Crippen molar-refractivity contribution in [1.29, 1.82) is 0 Å². The molecule has 0 bridgehead atoms. The van der Waals surface area contributed by atoms with Gasteiger partial charge >= 0.3 is 0 Å². The number of amides is 3. The van der Waals surface area contributed by atoms with Crippen LogP contribution in [0.25, 0.3) is 0 Å². The highest BCUT2D eigenvalue weighted by Crippen LogP contribution is 2.88. The molecule has 7 unspecified atom stereocenters. The minimum absolute atomic E-state index is 0.00533. The van der Waals surface area contributed by atoms with E-state index in [0.29, 0.717) is 30.3 Å². The lowest BCUT2D eigenvalue weighted by Crippen LogP contribution is -2.55. The van der Waals surface area contributed by atoms with Gasteiger partial charge in [0, 0.05) is 23.9 Å². The summed E-state index contributed by atoms with van der Waals surface area (Å²) in [5.74, 6) is 2.00. The van der Waals surface area contributed by atoms with Gasteiger partial charge in [0.15, 0.2) is 0 Å². The van der Waals surface area contributed by atoms with E-state index < -0.39 is 12.1 Å². The van der Waals surface area contributed by atoms with Crippen molar-refractivity contribution in [2.75, 3.05) is 26.7 Å². The molecule has 2 aliphatic heterocycles. The van der Waals surface area contributed by atoms with E-state index in [1.807, 2.05) is 18.7 Å². The Hall–Kier alpha value is -2.19. The molecule has 8 nitrogen and oxygen atoms in total. The number of nitrogens with two attached hydrogens (primary N) is 1. The molecule has 7 atom stereocenters. The van der Waals surface area contributed by atoms with Gasteiger partial charge in [-0.15, -0.1) is 0 Å². The molecule has 2 saturated heterocycles. The SMILES string of the molecule is C=C(C)C1CCCCN1CCC.C=C(C1CC1)C1(NC(=O)C2CC3(CN2C(=O)C(C)NC(=O)C(C)C2CCCCC2)C(C)(C)C32CCC2)CC1CC.CC(C)C.CN. The Kier molecular flexibility index (Phi) is 16.8. The molecule has 7 fully saturated rings. The molecule has 0 aromatic heterocycles. The van der Waals surface area contributed by atoms with Crippen molar-refractivity contribution in [2.45, 2.75) is 202 Å². The number of nitrogens with one attached hydrogen (secondary N) is 2. The van der Waals surface area contributed by atoms with Gasteiger partial charge in [-0.1, -0.05) is 113 Å². The van der Waals surface area contributed by atoms with Gasteiger partial charge in [0.2, 0.25) is 17.7 Å². The van der Waals surface area contributed by atoms with Crippen LogP contribution in [0.5, 0.6) is 0 Å². The van der Waals surface area contributed by atoms with Crippen molar-refractivity contribution in [3.8, 4) is 0 Å². The summed E-state index contributed by atoms with van der Waals surface area (Å²) < 4.78 is 0. The minimum atomic E-state index is -0.636. The quantitative estimate of drug-likeness (QED) is 0.170. The molecule has 0 radical (unpaired) electrons. The average Bonchev–Trinajstić information content (AvgIpc) is 4.13. The normalized spacial score (nSPS) is 31.5. The number of likely N-dealkylation sites (tertiary alicyclic amines) is 2. The molecule has 0 aromatic rings. The summed E-state index contributed by atoms with van der Waals surface area (Å²) in [6.07, 6.45) is 19.9. The lowest BCUT2D eigenvalue weighted by molar-refractivity contribution is -0.142. The molecule has 3 amide bonds. The zero-order chi connectivity index (χ0) is 43.2. The van der Waals surface area contributed by atoms with Gasteiger partial charge in [-0.2, -0.15) is 0 Å². The Balaban J connectivity index is 0.000000346. The number of piperidine rings is 1. The van der Waals surface area contributed by atoms with Crippen molar-refractivity contribution in [1.82, 2.24) is 20.4 Å². The van der Waals surface area contributed by atoms with E-state index in [2.05, 4.69) is 89.8 Å². The van der Waals surface area contributed by atoms with Crippen LogP contribution in [0.3, 0.4) is 0 Å². The lowest BCUT2D eigenvalue weighted by atomic mass is 9.73. The van der Waals surface area contributed by atoms with E-state index in [9.17, 15) is 14.4 Å². The second-order valence-corrected chi connectivity index (χ2v) is 20.9. The Morgan fingerprint density at radius 2 is 1.41 bits per heavy atom. The fourth-order valence-electron chi connectivity index (χ4n) is 12.2. The summed E-state index contributed by atoms with van der Waals surface area (Å²) in [4.78, 5) is 46.0. The number of carbonyl (C=O) groups is 3. The van der Waals surface area contributed by atoms with Crippen LogP contribution < -0.4 is 16.4 Å². The summed E-state index contributed by atoms with van der Waals surface area (Å²) in [6.45, 7) is 33.4. The van der Waals surface area contributed by atoms with Crippen molar-refractivity contribution >= 4 is 17.7 Å². The second-order valence-electron chi connectivity index (χ2n) is 20.9. The third-order valence-corrected chi connectivity index (χ3v) is 16.2. The highest BCUT2D eigenvalue weighted by atomic mass is 16.2. The maximum Gasteiger partial charge on any atom is 0.245 e. The summed E-state index contributed by atoms with van der Waals surface area (Å²) in [6, 6.07) is -0.439. The molecule has 7 aliphatic rings. The van der Waals surface area contributed by atoms with Crippen LogP contribution in [0.1, 0.15) is 178 Å². The molecule has 58 heavy (non-hydrogen) atoms. The van der Waals surface area contributed by atoms with Gasteiger partial charge in [0.05, 0.1) is 5.54 Å². The Morgan fingerprint density at radius 3 is 1.90 bits per heavy atom. The molecule has 2 heterocycles. The van der Waals surface area contributed by atoms with E-state index in [0.717, 1.165) is 38.0 Å². The fraction of sp³-hybridized carbons (Fsp3) is 0.860. The highest BCUT2D eigenvalue weighted by molar-refractivity contribution is 5.93. The number of hydrogen-bond acceptors (Lipinski definition) is 5. The Morgan fingerprint density at radius 1 is 0.810 bits per heavy atom. The first kappa shape index (κ1) is 48.5. The summed E-state index contributed by atoms with van der Waals surface area (Å²) in [5.41, 5.74) is 7.12. The van der Waals surface area contributed by atoms with E-state index in [1.54, 1.807) is 0 Å². The molecule has 2 spiro atoms. The Labute approximate surface area is 356 Å². The maximum absolute atomic E-state index is 14.2. The van der Waals surface area contributed by atoms with Crippen LogP contribution >= 0.6 is 0 Å². The number of nitrogens with zero attached hydrogens (tertiary/aromatic N) is 2. The first-order valence-corrected chi connectivity index (χ1v) is 24.0. The zero-order valence-electron chi connectivity index (χ0n) is 39.4. The van der Waals surface area contributed by atoms with Crippen LogP contribution in [-0.4, -0.2) is 77.9 Å². The Bertz CT molecular complexity index is 1420. The van der Waals surface area contributed by atoms with E-state index in [1.165, 1.54) is 108 Å². The van der Waals surface area contributed by atoms with Crippen molar-refractivity contribution in [2.24, 2.45) is 51.6 Å². The summed E-state index contributed by atoms with van der Waals surface area (Å²) in [5, 5.41) is 6.57. The third-order valence-electron chi connectivity index (χ3n) is 16.2. The first-order chi connectivity index (χ1) is 27.4. The third kappa shape index (κ3) is 9.79. The average molecular weight is 808 g/mol. The van der Waals surface area contributed by atoms with Gasteiger partial charge in [-0.25, -0.2) is 0 Å². The van der Waals surface area contributed by atoms with Gasteiger partial charge < -0.3 is 21.3 Å². The monoisotopic (exact) mass is 808 g/mol. The van der Waals surface area contributed by atoms with Gasteiger partial charge in [-0.05, 0) is 145 Å². The molecular weight excluding hydrogens is 719 g/mol. The predicted molar refractivity (Wildman–Crippen MR) is 242 cm³/mol. The molecule has 4 N–H and O–H groups in total. The van der Waals surface area contributed by atoms with E-state index >= 15 is 0 Å². The van der Waals surface area contributed by atoms with Crippen LogP contribution in [0, 0.1) is 45.8 Å². The van der Waals surface area contributed by atoms with Crippen molar-refractivity contribution in [3.63, 3.8) is 0 Å². The molecule has 8 heteroatoms. The highest BCUT2D eigenvalue weighted by Gasteiger charge is 2.85. The smallest absolute Gasteiger partial charge is 0.245 e. The van der Waals surface area contributed by atoms with Gasteiger partial charge in [-0.3, -0.25) is 19.3 Å². The number of fused-ring (bicyclic) bond motifs is 1. The van der Waals surface area contributed by atoms with Gasteiger partial charge in [0.25, 0.3) is 0 Å². The van der Waals surface area contributed by atoms with E-state index in [-0.39, 0.29) is 45.4 Å². The standard InChI is InChI=1S/C34H53N3O3.C11H21N.C4H10.CH5N/c1-7-26-18-34(26,22(3)25-14-15-25)36-29(39)27-19-33(31(5,6)32(33)16-11-17-32)20-37(27)30(40)23(4)35-28(38)21(2)24-12-9-8-10-13-24;1-4-8-12-9-6-5-7-11(12)10(2)3;1-4(2)3;1-2/h21,23-27H,3,7-20H2,1-2,4-6H3,(H,35,38)(H,36,39);11H,2,4-9H2,1,3H3;4H,1-3H3;2H2,1H3. The molecule has 5 aliphatic carbocycles. The molecule has 332 valence electrons. The predicted octanol–water partition coefficient (Wildman–Crippen LogP) is 9.82. The molecule has 5 saturated carbocycles. The molecule has 0 aromatic carbocycles. The lowest BCUT2D eigenvalue weighted by Gasteiger charge is -2.35. The summed E-state index contributed by atoms with van der Waals surface area (Å²) >= 11 is 0. The largest absolute Gasteiger partial charge is 0.345 e. The van der Waals surface area contributed by atoms with Crippen LogP contribution in [-0.2, 0) is 14.4 Å². The van der Waals surface area contributed by atoms with Crippen LogP contribution in [0.4, 0.5) is 0 Å². The molecular formula is C50H89N5O3. The van der Waals surface area contributed by atoms with Crippen molar-refractivity contribution in [3.05, 3.63) is 24.3 Å². The fourth-order valence-corrected chi connectivity index (χ4v) is 12.2. The maximum atomic E-state index is 14.2. The van der Waals surface area contributed by atoms with E-state index in [4.69, 9.17) is 0 Å². The summed E-state index contributed by atoms with van der Waals surface area (Å²) in [7, 11) is 1.50. The minimum Gasteiger partial charge on any atom is -0.345 e. The molecule has 7 rings (SSSR count). The number of rotatable bonds is 12. The number of hydrogen-bond donors (Lipinski definition) is 3. The van der Waals surface area contributed by atoms with Gasteiger partial charge in [0.1, 0.15) is 12.1 Å². The van der Waals surface area contributed by atoms with Crippen LogP contribution in [0.2, 0.25) is 0 Å². The number of carbonyl (C=O) groups excluding carboxylic acids is 3. The van der Waals surface area contributed by atoms with Crippen molar-refractivity contribution < 1.29 is 14.4 Å². The first-order valence-electron chi connectivity index (χ1n) is 24.0. The second kappa shape index (κ2) is 20.1.